The summed E-state index contributed by atoms with van der Waals surface area (Å²) in [6.45, 7) is 5.41. The van der Waals surface area contributed by atoms with Crippen molar-refractivity contribution in [2.24, 2.45) is 0 Å². The van der Waals surface area contributed by atoms with Gasteiger partial charge in [-0.2, -0.15) is 0 Å². The van der Waals surface area contributed by atoms with Crippen molar-refractivity contribution in [2.75, 3.05) is 39.3 Å². The second kappa shape index (κ2) is 4.76. The molecule has 0 aromatic carbocycles. The predicted molar refractivity (Wildman–Crippen MR) is 69.6 cm³/mol. The first-order valence-corrected chi connectivity index (χ1v) is 6.64. The van der Waals surface area contributed by atoms with Crippen LogP contribution in [0.15, 0.2) is 23.2 Å². The van der Waals surface area contributed by atoms with Crippen molar-refractivity contribution in [2.45, 2.75) is 0 Å². The molecule has 0 atom stereocenters. The zero-order valence-electron chi connectivity index (χ0n) is 11.2. The standard InChI is InChI=1S/C12H13N3O2.HN2O2/c16-9-7-8(13-1-2-13)12(17)11(15-5-6-15)10(9)14-3-4-14;1-2(3)4/h7H,1-6H2;(H-,1,3,4)/q;-1. The second-order valence-electron chi connectivity index (χ2n) is 5.14. The van der Waals surface area contributed by atoms with Gasteiger partial charge in [-0.3, -0.25) is 9.59 Å². The van der Waals surface area contributed by atoms with E-state index in [2.05, 4.69) is 0 Å². The van der Waals surface area contributed by atoms with E-state index < -0.39 is 5.02 Å². The number of nitrogens with one attached hydrogen (secondary N) is 1. The van der Waals surface area contributed by atoms with Gasteiger partial charge in [0.1, 0.15) is 11.4 Å². The summed E-state index contributed by atoms with van der Waals surface area (Å²) < 4.78 is 0. The van der Waals surface area contributed by atoms with Crippen LogP contribution < -0.4 is 0 Å². The van der Waals surface area contributed by atoms with Crippen LogP contribution in [0.3, 0.4) is 0 Å². The Labute approximate surface area is 120 Å². The highest BCUT2D eigenvalue weighted by molar-refractivity contribution is 6.22. The number of carbonyl (C=O) groups is 2. The van der Waals surface area contributed by atoms with Gasteiger partial charge in [-0.25, -0.2) is 0 Å². The Hall–Kier alpha value is -2.58. The maximum absolute atomic E-state index is 12.4. The van der Waals surface area contributed by atoms with Crippen LogP contribution in [-0.4, -0.2) is 70.6 Å². The molecule has 0 spiro atoms. The van der Waals surface area contributed by atoms with Gasteiger partial charge in [0, 0.05) is 45.3 Å². The predicted octanol–water partition coefficient (Wildman–Crippen LogP) is -0.794. The largest absolute Gasteiger partial charge is 0.588 e. The summed E-state index contributed by atoms with van der Waals surface area (Å²) in [7, 11) is 0. The Bertz CT molecular complexity index is 580. The zero-order valence-corrected chi connectivity index (χ0v) is 11.2. The summed E-state index contributed by atoms with van der Waals surface area (Å²) in [6, 6.07) is 0. The van der Waals surface area contributed by atoms with Crippen LogP contribution in [0.2, 0.25) is 0 Å². The molecule has 3 fully saturated rings. The Balaban J connectivity index is 0.000000298. The molecule has 4 rings (SSSR count). The Morgan fingerprint density at radius 3 is 1.76 bits per heavy atom. The fourth-order valence-electron chi connectivity index (χ4n) is 2.28. The molecule has 3 aliphatic heterocycles. The minimum absolute atomic E-state index is 0.00546. The van der Waals surface area contributed by atoms with Crippen LogP contribution in [0.4, 0.5) is 0 Å². The highest BCUT2D eigenvalue weighted by Crippen LogP contribution is 2.33. The number of hydrogen-bond acceptors (Lipinski definition) is 8. The molecule has 0 saturated carbocycles. The highest BCUT2D eigenvalue weighted by atomic mass is 16.8. The molecule has 3 saturated heterocycles. The van der Waals surface area contributed by atoms with Gasteiger partial charge in [-0.15, -0.1) is 0 Å². The van der Waals surface area contributed by atoms with Gasteiger partial charge in [-0.05, 0) is 5.53 Å². The number of carbonyl (C=O) groups excluding carboxylic acids is 2. The molecule has 112 valence electrons. The van der Waals surface area contributed by atoms with E-state index in [0.29, 0.717) is 17.1 Å². The Kier molecular flexibility index (Phi) is 3.04. The van der Waals surface area contributed by atoms with E-state index in [1.807, 2.05) is 14.7 Å². The lowest BCUT2D eigenvalue weighted by molar-refractivity contribution is -0.482. The molecular weight excluding hydrogens is 278 g/mol. The third-order valence-electron chi connectivity index (χ3n) is 3.49. The fourth-order valence-corrected chi connectivity index (χ4v) is 2.28. The average molecular weight is 292 g/mol. The first-order chi connectivity index (χ1) is 9.99. The van der Waals surface area contributed by atoms with Crippen LogP contribution in [0.5, 0.6) is 0 Å². The van der Waals surface area contributed by atoms with Gasteiger partial charge < -0.3 is 25.1 Å². The molecular formula is C12H14N5O4-. The van der Waals surface area contributed by atoms with Gasteiger partial charge >= 0.3 is 0 Å². The molecule has 1 aliphatic carbocycles. The smallest absolute Gasteiger partial charge is 0.227 e. The molecule has 0 aromatic heterocycles. The summed E-state index contributed by atoms with van der Waals surface area (Å²) in [5, 5.41) is 15.7. The van der Waals surface area contributed by atoms with Crippen molar-refractivity contribution in [3.63, 3.8) is 0 Å². The SMILES string of the molecule is N=[N+]([O-])[O-].O=C1C=C(N2CC2)C(=O)C(N2CC2)=C1N1CC1. The summed E-state index contributed by atoms with van der Waals surface area (Å²) in [4.78, 5) is 30.5. The number of nitrogens with zero attached hydrogens (tertiary/aromatic N) is 4. The van der Waals surface area contributed by atoms with E-state index in [0.717, 1.165) is 39.3 Å². The van der Waals surface area contributed by atoms with E-state index in [-0.39, 0.29) is 11.6 Å². The third kappa shape index (κ3) is 2.81. The van der Waals surface area contributed by atoms with Crippen LogP contribution in [0.25, 0.3) is 0 Å². The topological polar surface area (TPSA) is 116 Å². The normalized spacial score (nSPS) is 22.7. The second-order valence-corrected chi connectivity index (χ2v) is 5.14. The van der Waals surface area contributed by atoms with Gasteiger partial charge in [0.15, 0.2) is 0 Å². The van der Waals surface area contributed by atoms with Crippen LogP contribution in [-0.2, 0) is 9.59 Å². The van der Waals surface area contributed by atoms with Crippen LogP contribution >= 0.6 is 0 Å². The summed E-state index contributed by atoms with van der Waals surface area (Å²) in [5.41, 5.74) is 7.19. The molecule has 0 bridgehead atoms. The quantitative estimate of drug-likeness (QED) is 0.313. The Morgan fingerprint density at radius 2 is 1.33 bits per heavy atom. The number of hydrogen-bond donors (Lipinski definition) is 1. The molecule has 4 aliphatic rings. The van der Waals surface area contributed by atoms with Crippen molar-refractivity contribution in [1.82, 2.24) is 14.7 Å². The molecule has 21 heavy (non-hydrogen) atoms. The molecule has 9 nitrogen and oxygen atoms in total. The lowest BCUT2D eigenvalue weighted by Crippen LogP contribution is -2.29. The van der Waals surface area contributed by atoms with E-state index in [1.165, 1.54) is 6.08 Å². The van der Waals surface area contributed by atoms with Gasteiger partial charge in [0.25, 0.3) is 0 Å². The number of ketones is 2. The fraction of sp³-hybridized carbons (Fsp3) is 0.500. The molecule has 0 aromatic rings. The maximum Gasteiger partial charge on any atom is 0.227 e. The first-order valence-electron chi connectivity index (χ1n) is 6.64. The third-order valence-corrected chi connectivity index (χ3v) is 3.49. The van der Waals surface area contributed by atoms with Crippen LogP contribution in [0, 0.1) is 15.9 Å². The molecule has 0 amide bonds. The van der Waals surface area contributed by atoms with E-state index in [4.69, 9.17) is 15.9 Å². The minimum Gasteiger partial charge on any atom is -0.588 e. The van der Waals surface area contributed by atoms with Gasteiger partial charge in [0.2, 0.25) is 11.6 Å². The van der Waals surface area contributed by atoms with Crippen molar-refractivity contribution < 1.29 is 14.6 Å². The van der Waals surface area contributed by atoms with Gasteiger partial charge in [-0.1, -0.05) is 5.02 Å². The summed E-state index contributed by atoms with van der Waals surface area (Å²) in [6.07, 6.45) is 1.52. The average Bonchev–Trinajstić information content (AvgIpc) is 3.26. The molecule has 0 radical (unpaired) electrons. The lowest BCUT2D eigenvalue weighted by Gasteiger charge is -2.21. The van der Waals surface area contributed by atoms with Crippen molar-refractivity contribution in [3.05, 3.63) is 33.6 Å². The number of allylic oxidation sites excluding steroid dienone is 1. The molecule has 1 N–H and O–H groups in total. The zero-order chi connectivity index (χ0) is 15.1. The minimum atomic E-state index is -1.25. The molecule has 9 heteroatoms. The summed E-state index contributed by atoms with van der Waals surface area (Å²) in [5.74, 6) is 0.0485. The monoisotopic (exact) mass is 292 g/mol. The highest BCUT2D eigenvalue weighted by Gasteiger charge is 2.43. The molecule has 0 unspecified atom stereocenters. The van der Waals surface area contributed by atoms with Crippen molar-refractivity contribution >= 4 is 11.6 Å². The summed E-state index contributed by atoms with van der Waals surface area (Å²) >= 11 is 0. The van der Waals surface area contributed by atoms with Crippen molar-refractivity contribution in [3.8, 4) is 0 Å². The Morgan fingerprint density at radius 1 is 0.905 bits per heavy atom. The van der Waals surface area contributed by atoms with E-state index in [1.54, 1.807) is 0 Å². The number of Topliss-reactive ketones (excluding diaryl/α,β-unsaturated/α-hetero) is 1. The first kappa shape index (κ1) is 13.4. The van der Waals surface area contributed by atoms with E-state index >= 15 is 0 Å². The molecule has 3 heterocycles. The number of rotatable bonds is 3. The van der Waals surface area contributed by atoms with Crippen molar-refractivity contribution in [1.29, 1.82) is 5.53 Å². The van der Waals surface area contributed by atoms with Gasteiger partial charge in [0.05, 0.1) is 5.70 Å². The van der Waals surface area contributed by atoms with E-state index in [9.17, 15) is 9.59 Å². The van der Waals surface area contributed by atoms with Crippen LogP contribution in [0.1, 0.15) is 0 Å². The maximum atomic E-state index is 12.4. The lowest BCUT2D eigenvalue weighted by atomic mass is 10.0.